The summed E-state index contributed by atoms with van der Waals surface area (Å²) in [6.45, 7) is 8.55. The molecule has 3 heterocycles. The number of carbonyl (C=O) groups is 1. The molecule has 1 saturated heterocycles. The van der Waals surface area contributed by atoms with Crippen LogP contribution in [0.5, 0.6) is 0 Å². The fourth-order valence-electron chi connectivity index (χ4n) is 2.62. The third-order valence-corrected chi connectivity index (χ3v) is 5.13. The molecule has 7 heteroatoms. The lowest BCUT2D eigenvalue weighted by Crippen LogP contribution is -2.47. The van der Waals surface area contributed by atoms with Crippen LogP contribution in [0.1, 0.15) is 17.4 Å². The highest BCUT2D eigenvalue weighted by Crippen LogP contribution is 2.32. The second kappa shape index (κ2) is 6.18. The topological polar surface area (TPSA) is 67.4 Å². The molecule has 0 saturated carbocycles. The van der Waals surface area contributed by atoms with E-state index in [4.69, 9.17) is 4.74 Å². The van der Waals surface area contributed by atoms with Gasteiger partial charge in [0.1, 0.15) is 23.0 Å². The lowest BCUT2D eigenvalue weighted by Gasteiger charge is -2.29. The van der Waals surface area contributed by atoms with Crippen molar-refractivity contribution in [3.63, 3.8) is 0 Å². The van der Waals surface area contributed by atoms with Crippen LogP contribution in [0.4, 0.5) is 5.82 Å². The Hall–Kier alpha value is -1.73. The number of anilines is 1. The van der Waals surface area contributed by atoms with Crippen LogP contribution < -0.4 is 5.32 Å². The zero-order valence-electron chi connectivity index (χ0n) is 13.0. The van der Waals surface area contributed by atoms with E-state index in [1.807, 2.05) is 11.8 Å². The number of nitrogens with zero attached hydrogens (tertiary/aromatic N) is 3. The first kappa shape index (κ1) is 15.2. The van der Waals surface area contributed by atoms with Crippen molar-refractivity contribution in [1.29, 1.82) is 0 Å². The molecule has 1 unspecified atom stereocenters. The molecular formula is C15H20N4O2S. The van der Waals surface area contributed by atoms with E-state index in [0.29, 0.717) is 26.3 Å². The summed E-state index contributed by atoms with van der Waals surface area (Å²) in [5, 5.41) is 4.28. The molecule has 0 aromatic carbocycles. The number of carbonyl (C=O) groups excluding carboxylic acids is 1. The van der Waals surface area contributed by atoms with Crippen LogP contribution >= 0.6 is 11.3 Å². The van der Waals surface area contributed by atoms with Crippen molar-refractivity contribution in [2.75, 3.05) is 31.6 Å². The van der Waals surface area contributed by atoms with Gasteiger partial charge in [-0.25, -0.2) is 9.97 Å². The molecule has 1 aliphatic rings. The highest BCUT2D eigenvalue weighted by Gasteiger charge is 2.23. The van der Waals surface area contributed by atoms with Crippen molar-refractivity contribution >= 4 is 33.3 Å². The van der Waals surface area contributed by atoms with Gasteiger partial charge < -0.3 is 15.0 Å². The highest BCUT2D eigenvalue weighted by molar-refractivity contribution is 7.18. The third-order valence-electron chi connectivity index (χ3n) is 4.01. The number of hydrogen-bond donors (Lipinski definition) is 1. The second-order valence-electron chi connectivity index (χ2n) is 5.49. The van der Waals surface area contributed by atoms with E-state index < -0.39 is 0 Å². The molecule has 0 bridgehead atoms. The molecule has 0 radical (unpaired) electrons. The highest BCUT2D eigenvalue weighted by atomic mass is 32.1. The Morgan fingerprint density at radius 2 is 2.09 bits per heavy atom. The minimum Gasteiger partial charge on any atom is -0.378 e. The van der Waals surface area contributed by atoms with Crippen molar-refractivity contribution in [3.8, 4) is 0 Å². The smallest absolute Gasteiger partial charge is 0.244 e. The van der Waals surface area contributed by atoms with Gasteiger partial charge in [-0.15, -0.1) is 11.3 Å². The van der Waals surface area contributed by atoms with Crippen LogP contribution in [-0.2, 0) is 9.53 Å². The van der Waals surface area contributed by atoms with Crippen molar-refractivity contribution in [2.45, 2.75) is 26.8 Å². The second-order valence-corrected chi connectivity index (χ2v) is 6.69. The van der Waals surface area contributed by atoms with E-state index in [1.54, 1.807) is 17.7 Å². The van der Waals surface area contributed by atoms with E-state index in [-0.39, 0.29) is 11.9 Å². The molecule has 2 aromatic rings. The maximum atomic E-state index is 12.5. The predicted molar refractivity (Wildman–Crippen MR) is 87.4 cm³/mol. The van der Waals surface area contributed by atoms with Crippen LogP contribution in [0.3, 0.4) is 0 Å². The Balaban J connectivity index is 1.81. The minimum absolute atomic E-state index is 0.0830. The van der Waals surface area contributed by atoms with Gasteiger partial charge >= 0.3 is 0 Å². The number of aromatic nitrogens is 2. The molecule has 1 amide bonds. The molecule has 118 valence electrons. The van der Waals surface area contributed by atoms with Crippen molar-refractivity contribution in [3.05, 3.63) is 16.8 Å². The fraction of sp³-hybridized carbons (Fsp3) is 0.533. The first-order valence-electron chi connectivity index (χ1n) is 7.41. The molecule has 3 rings (SSSR count). The molecule has 0 spiro atoms. The zero-order valence-corrected chi connectivity index (χ0v) is 13.9. The van der Waals surface area contributed by atoms with Gasteiger partial charge in [0.2, 0.25) is 5.91 Å². The Morgan fingerprint density at radius 3 is 2.82 bits per heavy atom. The standard InChI is InChI=1S/C15H20N4O2S/c1-9-11(3)22-14-12(9)13(16-8-17-14)18-10(2)15(20)19-4-6-21-7-5-19/h8,10H,4-7H2,1-3H3,(H,16,17,18). The summed E-state index contributed by atoms with van der Waals surface area (Å²) >= 11 is 1.65. The molecule has 1 N–H and O–H groups in total. The van der Waals surface area contributed by atoms with E-state index in [1.165, 1.54) is 10.4 Å². The first-order chi connectivity index (χ1) is 10.6. The predicted octanol–water partition coefficient (Wildman–Crippen LogP) is 1.97. The van der Waals surface area contributed by atoms with E-state index in [9.17, 15) is 4.79 Å². The molecule has 1 aliphatic heterocycles. The summed E-state index contributed by atoms with van der Waals surface area (Å²) in [5.41, 5.74) is 1.18. The Kier molecular flexibility index (Phi) is 4.26. The Morgan fingerprint density at radius 1 is 1.36 bits per heavy atom. The van der Waals surface area contributed by atoms with Crippen LogP contribution in [0.2, 0.25) is 0 Å². The summed E-state index contributed by atoms with van der Waals surface area (Å²) < 4.78 is 5.29. The van der Waals surface area contributed by atoms with Gasteiger partial charge in [-0.2, -0.15) is 0 Å². The molecule has 6 nitrogen and oxygen atoms in total. The van der Waals surface area contributed by atoms with Crippen LogP contribution in [0, 0.1) is 13.8 Å². The maximum Gasteiger partial charge on any atom is 0.244 e. The number of rotatable bonds is 3. The number of thiophene rings is 1. The average Bonchev–Trinajstić information content (AvgIpc) is 2.83. The first-order valence-corrected chi connectivity index (χ1v) is 8.23. The van der Waals surface area contributed by atoms with Crippen molar-refractivity contribution < 1.29 is 9.53 Å². The summed E-state index contributed by atoms with van der Waals surface area (Å²) in [4.78, 5) is 25.2. The van der Waals surface area contributed by atoms with Gasteiger partial charge in [0, 0.05) is 18.0 Å². The number of morpholine rings is 1. The van der Waals surface area contributed by atoms with Gasteiger partial charge in [0.25, 0.3) is 0 Å². The molecule has 0 aliphatic carbocycles. The number of amides is 1. The fourth-order valence-corrected chi connectivity index (χ4v) is 3.61. The van der Waals surface area contributed by atoms with Gasteiger partial charge in [0.05, 0.1) is 18.6 Å². The Labute approximate surface area is 133 Å². The SMILES string of the molecule is Cc1sc2ncnc(NC(C)C(=O)N3CCOCC3)c2c1C. The van der Waals surface area contributed by atoms with Gasteiger partial charge in [-0.05, 0) is 26.3 Å². The van der Waals surface area contributed by atoms with Crippen LogP contribution in [0.15, 0.2) is 6.33 Å². The number of ether oxygens (including phenoxy) is 1. The van der Waals surface area contributed by atoms with Gasteiger partial charge in [-0.1, -0.05) is 0 Å². The van der Waals surface area contributed by atoms with E-state index in [0.717, 1.165) is 16.0 Å². The number of fused-ring (bicyclic) bond motifs is 1. The monoisotopic (exact) mass is 320 g/mol. The zero-order chi connectivity index (χ0) is 15.7. The number of nitrogens with one attached hydrogen (secondary N) is 1. The average molecular weight is 320 g/mol. The molecular weight excluding hydrogens is 300 g/mol. The summed E-state index contributed by atoms with van der Waals surface area (Å²) in [6.07, 6.45) is 1.55. The maximum absolute atomic E-state index is 12.5. The molecule has 2 aromatic heterocycles. The largest absolute Gasteiger partial charge is 0.378 e. The van der Waals surface area contributed by atoms with E-state index in [2.05, 4.69) is 29.1 Å². The summed E-state index contributed by atoms with van der Waals surface area (Å²) in [7, 11) is 0. The van der Waals surface area contributed by atoms with Crippen molar-refractivity contribution in [1.82, 2.24) is 14.9 Å². The van der Waals surface area contributed by atoms with E-state index >= 15 is 0 Å². The number of aryl methyl sites for hydroxylation is 2. The minimum atomic E-state index is -0.323. The Bertz CT molecular complexity index is 694. The van der Waals surface area contributed by atoms with Crippen LogP contribution in [-0.4, -0.2) is 53.1 Å². The van der Waals surface area contributed by atoms with Gasteiger partial charge in [-0.3, -0.25) is 4.79 Å². The normalized spacial score (nSPS) is 16.8. The summed E-state index contributed by atoms with van der Waals surface area (Å²) in [5.74, 6) is 0.820. The third kappa shape index (κ3) is 2.78. The lowest BCUT2D eigenvalue weighted by atomic mass is 10.2. The quantitative estimate of drug-likeness (QED) is 0.936. The molecule has 22 heavy (non-hydrogen) atoms. The van der Waals surface area contributed by atoms with Crippen LogP contribution in [0.25, 0.3) is 10.2 Å². The lowest BCUT2D eigenvalue weighted by molar-refractivity contribution is -0.135. The molecule has 1 fully saturated rings. The molecule has 1 atom stereocenters. The number of hydrogen-bond acceptors (Lipinski definition) is 6. The van der Waals surface area contributed by atoms with Crippen molar-refractivity contribution in [2.24, 2.45) is 0 Å². The summed E-state index contributed by atoms with van der Waals surface area (Å²) in [6, 6.07) is -0.323. The van der Waals surface area contributed by atoms with Gasteiger partial charge in [0.15, 0.2) is 0 Å².